The molecule has 11 heteroatoms. The van der Waals surface area contributed by atoms with Crippen molar-refractivity contribution in [3.63, 3.8) is 0 Å². The number of ketones is 1. The largest absolute Gasteiger partial charge is 0.508 e. The molecule has 7 N–H and O–H groups in total. The lowest BCUT2D eigenvalue weighted by Gasteiger charge is -2.45. The number of carbonyl (C=O) groups excluding carboxylic acids is 1. The standard InChI is InChI=1S/C55H61N3O8/c1-33-6-3-7-35(24-33)32-66-51-29-38(28-49(63)54(51)64)36-12-15-44-43-16-14-42(59)26-37(43)13-17-45(44)58-52-31-40(20-23-57-52)55(21-4-8-39(55)30-41-9-5-22-56-41)53(48(62)27-36)47(61)19-11-34-10-18-46(60)50(25-34)65-2/h3,5,7,9-10,13-14,16-18,20,22-23,25-26,28-29,31,33,35-36,39,47,53,56,59-61,63-64H,4,6,8,11-12,15,19,21,24,27,30,32H2,1-2H3,(H,57,58)/t33-,35-,36-,39-,47-,53-,55-/m1/s1. The predicted octanol–water partition coefficient (Wildman–Crippen LogP) is 10.7. The second-order valence-electron chi connectivity index (χ2n) is 19.0. The van der Waals surface area contributed by atoms with Crippen molar-refractivity contribution in [2.75, 3.05) is 19.0 Å². The van der Waals surface area contributed by atoms with E-state index in [1.54, 1.807) is 42.6 Å². The second-order valence-corrected chi connectivity index (χ2v) is 19.0. The minimum atomic E-state index is -1.07. The molecule has 4 aromatic carbocycles. The van der Waals surface area contributed by atoms with E-state index in [1.807, 2.05) is 42.6 Å². The Morgan fingerprint density at radius 3 is 2.64 bits per heavy atom. The molecular formula is C55H61N3O8. The monoisotopic (exact) mass is 891 g/mol. The number of rotatable bonds is 11. The number of aromatic nitrogens is 2. The van der Waals surface area contributed by atoms with Crippen molar-refractivity contribution in [2.45, 2.75) is 95.0 Å². The predicted molar refractivity (Wildman–Crippen MR) is 256 cm³/mol. The fourth-order valence-electron chi connectivity index (χ4n) is 11.6. The number of aryl methyl sites for hydroxylation is 2. The van der Waals surface area contributed by atoms with E-state index in [1.165, 1.54) is 7.11 Å². The SMILES string of the molecule is COc1cc(CC[C@@H](O)[C@@H]2C(=O)C[C@H](c3cc(O)c(O)c(OC[C@@H]4C=CC[C@@H](C)C4)c3)CCc3c(ccc4cc(O)ccc34)Nc3cc(ccn3)[C@]23CCC[C@@H]3Cc2ccc[nH]2)ccc1O. The van der Waals surface area contributed by atoms with Crippen molar-refractivity contribution in [3.8, 4) is 34.5 Å². The van der Waals surface area contributed by atoms with Crippen molar-refractivity contribution < 1.29 is 39.8 Å². The van der Waals surface area contributed by atoms with Gasteiger partial charge in [-0.25, -0.2) is 4.98 Å². The lowest BCUT2D eigenvalue weighted by molar-refractivity contribution is -0.132. The molecule has 66 heavy (non-hydrogen) atoms. The van der Waals surface area contributed by atoms with Crippen LogP contribution in [0.5, 0.6) is 34.5 Å². The maximum atomic E-state index is 16.0. The van der Waals surface area contributed by atoms with Crippen LogP contribution in [0.2, 0.25) is 0 Å². The maximum absolute atomic E-state index is 16.0. The minimum Gasteiger partial charge on any atom is -0.508 e. The molecule has 1 fully saturated rings. The van der Waals surface area contributed by atoms with Crippen LogP contribution in [0.15, 0.2) is 109 Å². The smallest absolute Gasteiger partial charge is 0.200 e. The molecule has 0 saturated heterocycles. The summed E-state index contributed by atoms with van der Waals surface area (Å²) in [6.45, 7) is 2.54. The highest BCUT2D eigenvalue weighted by atomic mass is 16.5. The molecule has 0 radical (unpaired) electrons. The zero-order valence-corrected chi connectivity index (χ0v) is 37.7. The number of nitrogens with one attached hydrogen (secondary N) is 2. The van der Waals surface area contributed by atoms with Crippen molar-refractivity contribution in [1.82, 2.24) is 9.97 Å². The highest BCUT2D eigenvalue weighted by molar-refractivity contribution is 5.92. The summed E-state index contributed by atoms with van der Waals surface area (Å²) in [5.74, 6) is -0.108. The van der Waals surface area contributed by atoms with Gasteiger partial charge in [0.05, 0.1) is 25.7 Å². The summed E-state index contributed by atoms with van der Waals surface area (Å²) in [5.41, 5.74) is 4.54. The molecule has 1 saturated carbocycles. The third-order valence-corrected chi connectivity index (χ3v) is 14.8. The van der Waals surface area contributed by atoms with Gasteiger partial charge in [0.25, 0.3) is 0 Å². The second kappa shape index (κ2) is 19.2. The van der Waals surface area contributed by atoms with Gasteiger partial charge in [0.15, 0.2) is 23.0 Å². The van der Waals surface area contributed by atoms with Crippen LogP contribution >= 0.6 is 0 Å². The van der Waals surface area contributed by atoms with Crippen LogP contribution in [0, 0.1) is 23.7 Å². The number of Topliss-reactive ketones (excluding diaryl/α,β-unsaturated/α-hetero) is 1. The van der Waals surface area contributed by atoms with Crippen LogP contribution in [0.4, 0.5) is 11.5 Å². The van der Waals surface area contributed by atoms with Gasteiger partial charge < -0.3 is 45.3 Å². The van der Waals surface area contributed by atoms with E-state index < -0.39 is 23.4 Å². The van der Waals surface area contributed by atoms with Crippen LogP contribution in [-0.2, 0) is 29.5 Å². The number of carbonyl (C=O) groups is 1. The van der Waals surface area contributed by atoms with Crippen molar-refractivity contribution in [1.29, 1.82) is 0 Å². The van der Waals surface area contributed by atoms with Gasteiger partial charge in [-0.05, 0) is 175 Å². The quantitative estimate of drug-likeness (QED) is 0.0489. The molecule has 3 heterocycles. The third-order valence-electron chi connectivity index (χ3n) is 14.8. The molecule has 2 aromatic heterocycles. The Bertz CT molecular complexity index is 2720. The number of hydrogen-bond acceptors (Lipinski definition) is 10. The van der Waals surface area contributed by atoms with Gasteiger partial charge in [-0.15, -0.1) is 0 Å². The summed E-state index contributed by atoms with van der Waals surface area (Å²) in [5, 5.41) is 61.8. The number of nitrogens with zero attached hydrogens (tertiary/aromatic N) is 1. The Balaban J connectivity index is 1.18. The molecule has 0 unspecified atom stereocenters. The molecule has 3 aliphatic rings. The number of aliphatic hydroxyl groups excluding tert-OH is 1. The number of aromatic hydroxyl groups is 4. The van der Waals surface area contributed by atoms with E-state index >= 15 is 4.79 Å². The number of H-pyrrole nitrogens is 1. The summed E-state index contributed by atoms with van der Waals surface area (Å²) in [6.07, 6.45) is 13.7. The summed E-state index contributed by atoms with van der Waals surface area (Å²) < 4.78 is 11.7. The Morgan fingerprint density at radius 1 is 0.939 bits per heavy atom. The van der Waals surface area contributed by atoms with Gasteiger partial charge in [-0.3, -0.25) is 4.79 Å². The molecule has 7 atom stereocenters. The number of ether oxygens (including phenoxy) is 2. The topological polar surface area (TPSA) is 177 Å². The first-order chi connectivity index (χ1) is 32.0. The number of benzene rings is 4. The number of phenolic OH excluding ortho intramolecular Hbond substituents is 4. The minimum absolute atomic E-state index is 0.0227. The Kier molecular flexibility index (Phi) is 13.0. The normalized spacial score (nSPS) is 23.6. The Hall–Kier alpha value is -6.46. The molecule has 0 amide bonds. The summed E-state index contributed by atoms with van der Waals surface area (Å²) >= 11 is 0. The number of anilines is 2. The highest BCUT2D eigenvalue weighted by Crippen LogP contribution is 2.55. The van der Waals surface area contributed by atoms with Crippen LogP contribution in [0.1, 0.15) is 92.2 Å². The average molecular weight is 892 g/mol. The lowest BCUT2D eigenvalue weighted by atomic mass is 9.58. The van der Waals surface area contributed by atoms with Gasteiger partial charge >= 0.3 is 0 Å². The Morgan fingerprint density at radius 2 is 1.82 bits per heavy atom. The zero-order chi connectivity index (χ0) is 46.0. The number of phenols is 4. The Labute approximate surface area is 386 Å². The fraction of sp³-hybridized carbons (Fsp3) is 0.382. The van der Waals surface area contributed by atoms with Crippen LogP contribution in [0.3, 0.4) is 0 Å². The van der Waals surface area contributed by atoms with E-state index in [-0.39, 0.29) is 59.2 Å². The zero-order valence-electron chi connectivity index (χ0n) is 37.7. The number of pyridine rings is 1. The number of hydrogen-bond donors (Lipinski definition) is 7. The van der Waals surface area contributed by atoms with Crippen molar-refractivity contribution in [3.05, 3.63) is 137 Å². The van der Waals surface area contributed by atoms with E-state index in [4.69, 9.17) is 14.5 Å². The van der Waals surface area contributed by atoms with Gasteiger partial charge in [0, 0.05) is 41.5 Å². The highest BCUT2D eigenvalue weighted by Gasteiger charge is 2.54. The van der Waals surface area contributed by atoms with Crippen LogP contribution in [0.25, 0.3) is 10.8 Å². The van der Waals surface area contributed by atoms with Crippen LogP contribution in [-0.4, -0.2) is 61.1 Å². The third kappa shape index (κ3) is 9.18. The summed E-state index contributed by atoms with van der Waals surface area (Å²) in [4.78, 5) is 24.2. The molecule has 11 nitrogen and oxygen atoms in total. The summed E-state index contributed by atoms with van der Waals surface area (Å²) in [6, 6.07) is 26.0. The molecule has 2 aliphatic carbocycles. The number of methoxy groups -OCH3 is 1. The van der Waals surface area contributed by atoms with Crippen molar-refractivity contribution >= 4 is 28.1 Å². The molecular weight excluding hydrogens is 831 g/mol. The van der Waals surface area contributed by atoms with E-state index in [2.05, 4.69) is 41.5 Å². The molecule has 1 aliphatic heterocycles. The van der Waals surface area contributed by atoms with E-state index in [9.17, 15) is 25.5 Å². The number of aliphatic hydroxyl groups is 1. The molecule has 1 spiro atoms. The fourth-order valence-corrected chi connectivity index (χ4v) is 11.6. The number of aromatic amines is 1. The van der Waals surface area contributed by atoms with E-state index in [0.29, 0.717) is 61.8 Å². The first kappa shape index (κ1) is 44.7. The van der Waals surface area contributed by atoms with Gasteiger partial charge in [0.1, 0.15) is 17.4 Å². The average Bonchev–Trinajstić information content (AvgIpc) is 3.99. The summed E-state index contributed by atoms with van der Waals surface area (Å²) in [7, 11) is 1.51. The molecule has 9 rings (SSSR count). The number of allylic oxidation sites excluding steroid dienone is 1. The van der Waals surface area contributed by atoms with Crippen LogP contribution < -0.4 is 14.8 Å². The number of fused-ring (bicyclic) bond motifs is 6. The van der Waals surface area contributed by atoms with Gasteiger partial charge in [-0.2, -0.15) is 0 Å². The first-order valence-corrected chi connectivity index (χ1v) is 23.5. The van der Waals surface area contributed by atoms with E-state index in [0.717, 1.165) is 64.5 Å². The maximum Gasteiger partial charge on any atom is 0.200 e. The lowest BCUT2D eigenvalue weighted by Crippen LogP contribution is -2.50. The molecule has 6 aromatic rings. The first-order valence-electron chi connectivity index (χ1n) is 23.5. The van der Waals surface area contributed by atoms with Gasteiger partial charge in [0.2, 0.25) is 5.75 Å². The van der Waals surface area contributed by atoms with Crippen molar-refractivity contribution in [2.24, 2.45) is 23.7 Å². The molecule has 2 bridgehead atoms. The molecule has 344 valence electrons. The van der Waals surface area contributed by atoms with Gasteiger partial charge in [-0.1, -0.05) is 43.7 Å².